The third kappa shape index (κ3) is 2.55. The van der Waals surface area contributed by atoms with E-state index in [1.54, 1.807) is 0 Å². The van der Waals surface area contributed by atoms with E-state index in [-0.39, 0.29) is 29.9 Å². The Morgan fingerprint density at radius 1 is 1.38 bits per heavy atom. The minimum atomic E-state index is -1.07. The van der Waals surface area contributed by atoms with Gasteiger partial charge >= 0.3 is 0 Å². The lowest BCUT2D eigenvalue weighted by atomic mass is 10.1. The van der Waals surface area contributed by atoms with E-state index < -0.39 is 11.6 Å². The van der Waals surface area contributed by atoms with E-state index in [0.717, 1.165) is 0 Å². The number of benzene rings is 1. The molecule has 88 valence electrons. The number of hydrogen-bond acceptors (Lipinski definition) is 2. The molecular weight excluding hydrogens is 219 g/mol. The van der Waals surface area contributed by atoms with E-state index in [1.807, 2.05) is 0 Å². The molecule has 2 N–H and O–H groups in total. The summed E-state index contributed by atoms with van der Waals surface area (Å²) in [7, 11) is 1.24. The van der Waals surface area contributed by atoms with Crippen molar-refractivity contribution in [2.24, 2.45) is 5.73 Å². The molecule has 0 aliphatic heterocycles. The maximum Gasteiger partial charge on any atom is 0.200 e. The Bertz CT molecular complexity index is 404. The van der Waals surface area contributed by atoms with Crippen molar-refractivity contribution >= 4 is 0 Å². The summed E-state index contributed by atoms with van der Waals surface area (Å²) in [5.41, 5.74) is 5.47. The van der Waals surface area contributed by atoms with E-state index in [2.05, 4.69) is 4.74 Å². The molecule has 0 aliphatic carbocycles. The second kappa shape index (κ2) is 5.55. The molecule has 0 bridgehead atoms. The predicted octanol–water partition coefficient (Wildman–Crippen LogP) is 2.33. The lowest BCUT2D eigenvalue weighted by Gasteiger charge is -2.08. The number of rotatable bonds is 4. The van der Waals surface area contributed by atoms with Crippen LogP contribution in [0.5, 0.6) is 5.75 Å². The van der Waals surface area contributed by atoms with Crippen molar-refractivity contribution in [3.63, 3.8) is 0 Å². The van der Waals surface area contributed by atoms with Crippen molar-refractivity contribution in [2.45, 2.75) is 6.42 Å². The molecule has 16 heavy (non-hydrogen) atoms. The Hall–Kier alpha value is -1.49. The summed E-state index contributed by atoms with van der Waals surface area (Å²) in [5.74, 6) is -2.29. The normalized spacial score (nSPS) is 11.7. The van der Waals surface area contributed by atoms with Crippen LogP contribution < -0.4 is 10.5 Å². The average Bonchev–Trinajstić information content (AvgIpc) is 2.31. The summed E-state index contributed by atoms with van der Waals surface area (Å²) in [5, 5.41) is 0. The molecule has 0 aliphatic rings. The molecule has 0 atom stereocenters. The van der Waals surface area contributed by atoms with Crippen LogP contribution in [-0.4, -0.2) is 13.7 Å². The van der Waals surface area contributed by atoms with Crippen molar-refractivity contribution in [1.82, 2.24) is 0 Å². The molecule has 1 rings (SSSR count). The van der Waals surface area contributed by atoms with Crippen LogP contribution in [0.25, 0.3) is 0 Å². The largest absolute Gasteiger partial charge is 0.494 e. The van der Waals surface area contributed by atoms with Gasteiger partial charge in [0.2, 0.25) is 5.82 Å². The molecule has 0 fully saturated rings. The molecule has 2 nitrogen and oxygen atoms in total. The Balaban J connectivity index is 3.03. The first-order valence-electron chi connectivity index (χ1n) is 4.63. The monoisotopic (exact) mass is 231 g/mol. The Kier molecular flexibility index (Phi) is 4.37. The van der Waals surface area contributed by atoms with Gasteiger partial charge in [0.05, 0.1) is 13.4 Å². The standard InChI is InChI=1S/C11H12F3NO/c1-16-9-3-2-8(10(13)11(9)14)4-7(5-12)6-15/h2-3,5H,4,6,15H2,1H3/b7-5-. The smallest absolute Gasteiger partial charge is 0.200 e. The van der Waals surface area contributed by atoms with Gasteiger partial charge in [-0.3, -0.25) is 0 Å². The van der Waals surface area contributed by atoms with Crippen LogP contribution >= 0.6 is 0 Å². The van der Waals surface area contributed by atoms with Crippen LogP contribution in [0.1, 0.15) is 5.56 Å². The summed E-state index contributed by atoms with van der Waals surface area (Å²) in [4.78, 5) is 0. The lowest BCUT2D eigenvalue weighted by Crippen LogP contribution is -2.07. The van der Waals surface area contributed by atoms with Gasteiger partial charge in [-0.05, 0) is 17.2 Å². The minimum absolute atomic E-state index is 0.0381. The predicted molar refractivity (Wildman–Crippen MR) is 54.9 cm³/mol. The van der Waals surface area contributed by atoms with Gasteiger partial charge < -0.3 is 10.5 Å². The highest BCUT2D eigenvalue weighted by Crippen LogP contribution is 2.23. The number of ether oxygens (including phenoxy) is 1. The third-order valence-electron chi connectivity index (χ3n) is 2.18. The first kappa shape index (κ1) is 12.6. The third-order valence-corrected chi connectivity index (χ3v) is 2.18. The fourth-order valence-electron chi connectivity index (χ4n) is 1.27. The van der Waals surface area contributed by atoms with Gasteiger partial charge in [-0.15, -0.1) is 0 Å². The topological polar surface area (TPSA) is 35.2 Å². The molecule has 5 heteroatoms. The van der Waals surface area contributed by atoms with E-state index in [4.69, 9.17) is 5.73 Å². The summed E-state index contributed by atoms with van der Waals surface area (Å²) in [6.45, 7) is -0.0381. The summed E-state index contributed by atoms with van der Waals surface area (Å²) >= 11 is 0. The Morgan fingerprint density at radius 3 is 2.56 bits per heavy atom. The second-order valence-electron chi connectivity index (χ2n) is 3.20. The fourth-order valence-corrected chi connectivity index (χ4v) is 1.27. The molecule has 0 saturated carbocycles. The maximum atomic E-state index is 13.4. The van der Waals surface area contributed by atoms with Crippen molar-refractivity contribution in [3.8, 4) is 5.75 Å². The molecule has 0 aromatic heterocycles. The van der Waals surface area contributed by atoms with E-state index in [0.29, 0.717) is 6.33 Å². The van der Waals surface area contributed by atoms with Gasteiger partial charge in [0, 0.05) is 13.0 Å². The molecule has 1 aromatic rings. The maximum absolute atomic E-state index is 13.4. The van der Waals surface area contributed by atoms with E-state index >= 15 is 0 Å². The van der Waals surface area contributed by atoms with Gasteiger partial charge in [-0.2, -0.15) is 4.39 Å². The lowest BCUT2D eigenvalue weighted by molar-refractivity contribution is 0.370. The van der Waals surface area contributed by atoms with Crippen LogP contribution in [0.2, 0.25) is 0 Å². The van der Waals surface area contributed by atoms with Crippen LogP contribution in [-0.2, 0) is 6.42 Å². The highest BCUT2D eigenvalue weighted by molar-refractivity contribution is 5.33. The fraction of sp³-hybridized carbons (Fsp3) is 0.273. The van der Waals surface area contributed by atoms with Crippen LogP contribution in [0.3, 0.4) is 0 Å². The molecule has 0 heterocycles. The minimum Gasteiger partial charge on any atom is -0.494 e. The van der Waals surface area contributed by atoms with Crippen LogP contribution in [0.15, 0.2) is 24.0 Å². The average molecular weight is 231 g/mol. The number of hydrogen-bond donors (Lipinski definition) is 1. The van der Waals surface area contributed by atoms with E-state index in [9.17, 15) is 13.2 Å². The number of halogens is 3. The van der Waals surface area contributed by atoms with Crippen molar-refractivity contribution in [1.29, 1.82) is 0 Å². The van der Waals surface area contributed by atoms with Crippen LogP contribution in [0, 0.1) is 11.6 Å². The summed E-state index contributed by atoms with van der Waals surface area (Å²) in [6, 6.07) is 2.64. The van der Waals surface area contributed by atoms with Gasteiger partial charge in [-0.1, -0.05) is 6.07 Å². The van der Waals surface area contributed by atoms with Crippen molar-refractivity contribution in [2.75, 3.05) is 13.7 Å². The van der Waals surface area contributed by atoms with Crippen LogP contribution in [0.4, 0.5) is 13.2 Å². The van der Waals surface area contributed by atoms with Gasteiger partial charge in [0.1, 0.15) is 0 Å². The molecule has 0 radical (unpaired) electrons. The zero-order valence-electron chi connectivity index (χ0n) is 8.77. The van der Waals surface area contributed by atoms with E-state index in [1.165, 1.54) is 19.2 Å². The number of methoxy groups -OCH3 is 1. The quantitative estimate of drug-likeness (QED) is 0.863. The Morgan fingerprint density at radius 2 is 2.06 bits per heavy atom. The van der Waals surface area contributed by atoms with Gasteiger partial charge in [0.25, 0.3) is 0 Å². The van der Waals surface area contributed by atoms with Gasteiger partial charge in [0.15, 0.2) is 11.6 Å². The van der Waals surface area contributed by atoms with Crippen molar-refractivity contribution < 1.29 is 17.9 Å². The molecule has 0 amide bonds. The first-order valence-corrected chi connectivity index (χ1v) is 4.63. The van der Waals surface area contributed by atoms with Gasteiger partial charge in [-0.25, -0.2) is 8.78 Å². The first-order chi connectivity index (χ1) is 7.63. The molecule has 0 spiro atoms. The summed E-state index contributed by atoms with van der Waals surface area (Å²) < 4.78 is 43.6. The van der Waals surface area contributed by atoms with Crippen molar-refractivity contribution in [3.05, 3.63) is 41.2 Å². The highest BCUT2D eigenvalue weighted by Gasteiger charge is 2.14. The second-order valence-corrected chi connectivity index (χ2v) is 3.20. The molecule has 1 aromatic carbocycles. The number of nitrogens with two attached hydrogens (primary N) is 1. The Labute approximate surface area is 91.5 Å². The highest BCUT2D eigenvalue weighted by atomic mass is 19.2. The molecular formula is C11H12F3NO. The SMILES string of the molecule is COc1ccc(C/C(=C/F)CN)c(F)c1F. The summed E-state index contributed by atoms with van der Waals surface area (Å²) in [6.07, 6.45) is 0.251. The molecule has 0 unspecified atom stereocenters. The zero-order valence-corrected chi connectivity index (χ0v) is 8.77. The zero-order chi connectivity index (χ0) is 12.1. The molecule has 0 saturated heterocycles.